The third-order valence-electron chi connectivity index (χ3n) is 4.70. The number of ether oxygens (including phenoxy) is 1. The maximum absolute atomic E-state index is 11.7. The number of ketones is 1. The van der Waals surface area contributed by atoms with Crippen LogP contribution in [-0.4, -0.2) is 17.4 Å². The van der Waals surface area contributed by atoms with Gasteiger partial charge in [0.05, 0.1) is 6.61 Å². The lowest BCUT2D eigenvalue weighted by Crippen LogP contribution is -1.97. The van der Waals surface area contributed by atoms with Crippen LogP contribution in [0.5, 0.6) is 5.75 Å². The molecule has 0 unspecified atom stereocenters. The molecular formula is C24H27NO3. The molecule has 0 bridgehead atoms. The van der Waals surface area contributed by atoms with Crippen molar-refractivity contribution in [1.82, 2.24) is 4.98 Å². The maximum Gasteiger partial charge on any atom is 0.226 e. The Morgan fingerprint density at radius 1 is 0.929 bits per heavy atom. The number of hydrogen-bond donors (Lipinski definition) is 0. The van der Waals surface area contributed by atoms with Gasteiger partial charge in [-0.2, -0.15) is 0 Å². The molecule has 0 saturated heterocycles. The lowest BCUT2D eigenvalue weighted by atomic mass is 10.1. The molecule has 0 atom stereocenters. The van der Waals surface area contributed by atoms with Crippen molar-refractivity contribution in [3.63, 3.8) is 0 Å². The van der Waals surface area contributed by atoms with Gasteiger partial charge < -0.3 is 9.15 Å². The number of aromatic nitrogens is 1. The second-order valence-corrected chi connectivity index (χ2v) is 6.83. The van der Waals surface area contributed by atoms with E-state index in [1.165, 1.54) is 19.3 Å². The van der Waals surface area contributed by atoms with Crippen LogP contribution in [0.2, 0.25) is 0 Å². The van der Waals surface area contributed by atoms with E-state index in [0.29, 0.717) is 17.9 Å². The molecule has 0 fully saturated rings. The Bertz CT molecular complexity index is 879. The van der Waals surface area contributed by atoms with Crippen molar-refractivity contribution in [3.8, 4) is 28.5 Å². The Morgan fingerprint density at radius 3 is 2.32 bits per heavy atom. The molecule has 1 aromatic heterocycles. The molecule has 0 saturated carbocycles. The van der Waals surface area contributed by atoms with Gasteiger partial charge in [0, 0.05) is 23.1 Å². The van der Waals surface area contributed by atoms with Gasteiger partial charge in [0.25, 0.3) is 0 Å². The van der Waals surface area contributed by atoms with Crippen LogP contribution in [0.15, 0.2) is 59.2 Å². The van der Waals surface area contributed by atoms with Gasteiger partial charge in [0.15, 0.2) is 5.78 Å². The van der Waals surface area contributed by atoms with Crippen molar-refractivity contribution in [2.75, 3.05) is 6.61 Å². The van der Waals surface area contributed by atoms with Crippen LogP contribution < -0.4 is 4.74 Å². The minimum atomic E-state index is 0.132. The van der Waals surface area contributed by atoms with Crippen molar-refractivity contribution in [2.45, 2.75) is 46.0 Å². The highest BCUT2D eigenvalue weighted by molar-refractivity contribution is 5.96. The molecule has 0 spiro atoms. The van der Waals surface area contributed by atoms with Crippen molar-refractivity contribution in [3.05, 3.63) is 60.4 Å². The normalized spacial score (nSPS) is 10.8. The Morgan fingerprint density at radius 2 is 1.64 bits per heavy atom. The Kier molecular flexibility index (Phi) is 7.01. The SMILES string of the molecule is CCCCCCOc1ccc(-c2coc(-c3ccc(C(=O)CC)cc3)n2)cc1. The van der Waals surface area contributed by atoms with Gasteiger partial charge in [0.1, 0.15) is 17.7 Å². The van der Waals surface area contributed by atoms with Gasteiger partial charge in [-0.1, -0.05) is 45.2 Å². The molecule has 0 amide bonds. The van der Waals surface area contributed by atoms with Gasteiger partial charge in [-0.15, -0.1) is 0 Å². The average Bonchev–Trinajstić information content (AvgIpc) is 3.24. The first-order valence-corrected chi connectivity index (χ1v) is 10.0. The zero-order valence-corrected chi connectivity index (χ0v) is 16.6. The first kappa shape index (κ1) is 19.9. The number of oxazole rings is 1. The zero-order valence-electron chi connectivity index (χ0n) is 16.6. The van der Waals surface area contributed by atoms with Crippen LogP contribution in [0.3, 0.4) is 0 Å². The fourth-order valence-electron chi connectivity index (χ4n) is 2.98. The van der Waals surface area contributed by atoms with E-state index in [4.69, 9.17) is 9.15 Å². The fourth-order valence-corrected chi connectivity index (χ4v) is 2.98. The van der Waals surface area contributed by atoms with Crippen molar-refractivity contribution in [1.29, 1.82) is 0 Å². The number of hydrogen-bond acceptors (Lipinski definition) is 4. The molecule has 3 rings (SSSR count). The van der Waals surface area contributed by atoms with Gasteiger partial charge in [0.2, 0.25) is 5.89 Å². The highest BCUT2D eigenvalue weighted by Gasteiger charge is 2.10. The number of benzene rings is 2. The summed E-state index contributed by atoms with van der Waals surface area (Å²) in [5.41, 5.74) is 3.32. The Labute approximate surface area is 166 Å². The summed E-state index contributed by atoms with van der Waals surface area (Å²) in [5, 5.41) is 0. The van der Waals surface area contributed by atoms with E-state index in [9.17, 15) is 4.79 Å². The highest BCUT2D eigenvalue weighted by Crippen LogP contribution is 2.26. The van der Waals surface area contributed by atoms with Crippen LogP contribution in [0, 0.1) is 0 Å². The summed E-state index contributed by atoms with van der Waals surface area (Å²) in [7, 11) is 0. The predicted molar refractivity (Wildman–Crippen MR) is 112 cm³/mol. The second-order valence-electron chi connectivity index (χ2n) is 6.83. The van der Waals surface area contributed by atoms with Gasteiger partial charge in [-0.3, -0.25) is 4.79 Å². The molecule has 4 heteroatoms. The van der Waals surface area contributed by atoms with E-state index in [1.54, 1.807) is 6.26 Å². The summed E-state index contributed by atoms with van der Waals surface area (Å²) in [6.45, 7) is 4.82. The quantitative estimate of drug-likeness (QED) is 0.296. The number of nitrogens with zero attached hydrogens (tertiary/aromatic N) is 1. The summed E-state index contributed by atoms with van der Waals surface area (Å²) < 4.78 is 11.4. The third kappa shape index (κ3) is 5.10. The molecule has 0 aliphatic carbocycles. The molecule has 146 valence electrons. The van der Waals surface area contributed by atoms with Crippen LogP contribution in [0.1, 0.15) is 56.3 Å². The molecule has 2 aromatic carbocycles. The van der Waals surface area contributed by atoms with Crippen molar-refractivity contribution < 1.29 is 13.9 Å². The predicted octanol–water partition coefficient (Wildman–Crippen LogP) is 6.56. The minimum absolute atomic E-state index is 0.132. The first-order valence-electron chi connectivity index (χ1n) is 10.0. The largest absolute Gasteiger partial charge is 0.494 e. The lowest BCUT2D eigenvalue weighted by molar-refractivity contribution is 0.0988. The number of rotatable bonds is 10. The fraction of sp³-hybridized carbons (Fsp3) is 0.333. The smallest absolute Gasteiger partial charge is 0.226 e. The molecule has 3 aromatic rings. The molecule has 28 heavy (non-hydrogen) atoms. The lowest BCUT2D eigenvalue weighted by Gasteiger charge is -2.06. The minimum Gasteiger partial charge on any atom is -0.494 e. The number of carbonyl (C=O) groups excluding carboxylic acids is 1. The van der Waals surface area contributed by atoms with E-state index in [1.807, 2.05) is 55.5 Å². The number of carbonyl (C=O) groups is 1. The van der Waals surface area contributed by atoms with Gasteiger partial charge in [-0.05, 0) is 42.8 Å². The molecule has 0 radical (unpaired) electrons. The van der Waals surface area contributed by atoms with E-state index < -0.39 is 0 Å². The van der Waals surface area contributed by atoms with Gasteiger partial charge in [-0.25, -0.2) is 4.98 Å². The van der Waals surface area contributed by atoms with Gasteiger partial charge >= 0.3 is 0 Å². The zero-order chi connectivity index (χ0) is 19.8. The first-order chi connectivity index (χ1) is 13.7. The Balaban J connectivity index is 1.62. The van der Waals surface area contributed by atoms with Crippen LogP contribution in [0.4, 0.5) is 0 Å². The summed E-state index contributed by atoms with van der Waals surface area (Å²) in [4.78, 5) is 16.3. The van der Waals surface area contributed by atoms with E-state index in [0.717, 1.165) is 35.6 Å². The van der Waals surface area contributed by atoms with Crippen LogP contribution in [0.25, 0.3) is 22.7 Å². The van der Waals surface area contributed by atoms with Crippen LogP contribution in [-0.2, 0) is 0 Å². The average molecular weight is 377 g/mol. The maximum atomic E-state index is 11.7. The summed E-state index contributed by atoms with van der Waals surface area (Å²) in [5.74, 6) is 1.55. The molecule has 1 heterocycles. The summed E-state index contributed by atoms with van der Waals surface area (Å²) in [6.07, 6.45) is 6.95. The summed E-state index contributed by atoms with van der Waals surface area (Å²) in [6, 6.07) is 15.3. The van der Waals surface area contributed by atoms with E-state index >= 15 is 0 Å². The molecule has 0 aliphatic heterocycles. The third-order valence-corrected chi connectivity index (χ3v) is 4.70. The standard InChI is InChI=1S/C24H27NO3/c1-3-5-6-7-16-27-21-14-12-18(13-15-21)22-17-28-24(25-22)20-10-8-19(9-11-20)23(26)4-2/h8-15,17H,3-7,16H2,1-2H3. The molecule has 0 N–H and O–H groups in total. The highest BCUT2D eigenvalue weighted by atomic mass is 16.5. The second kappa shape index (κ2) is 9.88. The molecule has 0 aliphatic rings. The molecule has 4 nitrogen and oxygen atoms in total. The van der Waals surface area contributed by atoms with E-state index in [2.05, 4.69) is 11.9 Å². The topological polar surface area (TPSA) is 52.3 Å². The number of Topliss-reactive ketones (excluding diaryl/α,β-unsaturated/α-hetero) is 1. The van der Waals surface area contributed by atoms with Crippen LogP contribution >= 0.6 is 0 Å². The van der Waals surface area contributed by atoms with E-state index in [-0.39, 0.29) is 5.78 Å². The Hall–Kier alpha value is -2.88. The van der Waals surface area contributed by atoms with Crippen molar-refractivity contribution >= 4 is 5.78 Å². The van der Waals surface area contributed by atoms with Crippen molar-refractivity contribution in [2.24, 2.45) is 0 Å². The molecular weight excluding hydrogens is 350 g/mol. The number of unbranched alkanes of at least 4 members (excludes halogenated alkanes) is 3. The summed E-state index contributed by atoms with van der Waals surface area (Å²) >= 11 is 0. The monoisotopic (exact) mass is 377 g/mol.